The van der Waals surface area contributed by atoms with Crippen molar-refractivity contribution >= 4 is 34.1 Å². The van der Waals surface area contributed by atoms with Crippen molar-refractivity contribution in [3.8, 4) is 0 Å². The first kappa shape index (κ1) is 13.5. The Hall–Kier alpha value is -1.88. The molecular formula is C14H16N2O2S. The van der Waals surface area contributed by atoms with Crippen LogP contribution in [0.3, 0.4) is 0 Å². The van der Waals surface area contributed by atoms with Crippen LogP contribution in [0.1, 0.15) is 24.4 Å². The Balaban J connectivity index is 2.10. The van der Waals surface area contributed by atoms with Crippen LogP contribution in [0, 0.1) is 5.41 Å². The SMILES string of the molecule is CC(C)(CNC(=O)c1cc2ccccc2o1)C(N)=S. The van der Waals surface area contributed by atoms with Gasteiger partial charge in [-0.2, -0.15) is 0 Å². The number of para-hydroxylation sites is 1. The summed E-state index contributed by atoms with van der Waals surface area (Å²) in [7, 11) is 0. The van der Waals surface area contributed by atoms with E-state index < -0.39 is 5.41 Å². The van der Waals surface area contributed by atoms with E-state index >= 15 is 0 Å². The van der Waals surface area contributed by atoms with Gasteiger partial charge in [0.05, 0.1) is 4.99 Å². The summed E-state index contributed by atoms with van der Waals surface area (Å²) < 4.78 is 5.48. The highest BCUT2D eigenvalue weighted by atomic mass is 32.1. The number of fused-ring (bicyclic) bond motifs is 1. The highest BCUT2D eigenvalue weighted by Gasteiger charge is 2.23. The number of nitrogens with one attached hydrogen (secondary N) is 1. The molecule has 100 valence electrons. The molecule has 0 aliphatic heterocycles. The van der Waals surface area contributed by atoms with Gasteiger partial charge >= 0.3 is 0 Å². The monoisotopic (exact) mass is 276 g/mol. The normalized spacial score (nSPS) is 11.5. The second kappa shape index (κ2) is 5.01. The number of rotatable bonds is 4. The molecule has 2 aromatic rings. The van der Waals surface area contributed by atoms with Crippen LogP contribution >= 0.6 is 12.2 Å². The van der Waals surface area contributed by atoms with Crippen LogP contribution in [0.2, 0.25) is 0 Å². The average molecular weight is 276 g/mol. The molecule has 2 rings (SSSR count). The van der Waals surface area contributed by atoms with Gasteiger partial charge in [0.15, 0.2) is 5.76 Å². The number of carbonyl (C=O) groups is 1. The molecule has 0 bridgehead atoms. The van der Waals surface area contributed by atoms with Crippen LogP contribution in [0.4, 0.5) is 0 Å². The Morgan fingerprint density at radius 3 is 2.74 bits per heavy atom. The fourth-order valence-electron chi connectivity index (χ4n) is 1.57. The van der Waals surface area contributed by atoms with E-state index in [-0.39, 0.29) is 5.91 Å². The molecule has 1 aromatic heterocycles. The van der Waals surface area contributed by atoms with Gasteiger partial charge in [0, 0.05) is 17.3 Å². The molecule has 0 saturated carbocycles. The summed E-state index contributed by atoms with van der Waals surface area (Å²) in [6.45, 7) is 4.14. The minimum atomic E-state index is -0.420. The van der Waals surface area contributed by atoms with E-state index in [4.69, 9.17) is 22.4 Å². The highest BCUT2D eigenvalue weighted by molar-refractivity contribution is 7.80. The van der Waals surface area contributed by atoms with Crippen LogP contribution in [0.15, 0.2) is 34.7 Å². The summed E-state index contributed by atoms with van der Waals surface area (Å²) in [6, 6.07) is 9.21. The van der Waals surface area contributed by atoms with Crippen molar-refractivity contribution in [3.63, 3.8) is 0 Å². The maximum Gasteiger partial charge on any atom is 0.287 e. The van der Waals surface area contributed by atoms with Crippen molar-refractivity contribution in [3.05, 3.63) is 36.1 Å². The van der Waals surface area contributed by atoms with Crippen molar-refractivity contribution in [1.82, 2.24) is 5.32 Å². The fourth-order valence-corrected chi connectivity index (χ4v) is 1.64. The van der Waals surface area contributed by atoms with Gasteiger partial charge in [-0.1, -0.05) is 44.3 Å². The van der Waals surface area contributed by atoms with Gasteiger partial charge in [0.1, 0.15) is 5.58 Å². The van der Waals surface area contributed by atoms with Crippen molar-refractivity contribution in [1.29, 1.82) is 0 Å². The van der Waals surface area contributed by atoms with E-state index in [9.17, 15) is 4.79 Å². The zero-order chi connectivity index (χ0) is 14.0. The molecule has 0 unspecified atom stereocenters. The predicted octanol–water partition coefficient (Wildman–Crippen LogP) is 2.47. The van der Waals surface area contributed by atoms with Crippen LogP contribution in [-0.2, 0) is 0 Å². The largest absolute Gasteiger partial charge is 0.451 e. The van der Waals surface area contributed by atoms with Gasteiger partial charge in [-0.15, -0.1) is 0 Å². The van der Waals surface area contributed by atoms with Crippen molar-refractivity contribution in [2.24, 2.45) is 11.1 Å². The van der Waals surface area contributed by atoms with E-state index in [0.717, 1.165) is 5.39 Å². The van der Waals surface area contributed by atoms with Gasteiger partial charge in [0.2, 0.25) is 0 Å². The molecule has 0 fully saturated rings. The number of hydrogen-bond acceptors (Lipinski definition) is 3. The Morgan fingerprint density at radius 2 is 2.11 bits per heavy atom. The lowest BCUT2D eigenvalue weighted by atomic mass is 9.93. The van der Waals surface area contributed by atoms with E-state index in [1.807, 2.05) is 38.1 Å². The number of carbonyl (C=O) groups excluding carboxylic acids is 1. The summed E-state index contributed by atoms with van der Waals surface area (Å²) in [5.74, 6) is 0.0282. The summed E-state index contributed by atoms with van der Waals surface area (Å²) >= 11 is 4.96. The number of amides is 1. The lowest BCUT2D eigenvalue weighted by Gasteiger charge is -2.22. The quantitative estimate of drug-likeness (QED) is 0.842. The van der Waals surface area contributed by atoms with Gasteiger partial charge in [-0.3, -0.25) is 4.79 Å². The lowest BCUT2D eigenvalue weighted by molar-refractivity contribution is 0.0919. The average Bonchev–Trinajstić information content (AvgIpc) is 2.79. The van der Waals surface area contributed by atoms with Gasteiger partial charge < -0.3 is 15.5 Å². The first-order chi connectivity index (χ1) is 8.90. The first-order valence-corrected chi connectivity index (χ1v) is 6.38. The number of hydrogen-bond donors (Lipinski definition) is 2. The third-order valence-electron chi connectivity index (χ3n) is 3.01. The third kappa shape index (κ3) is 2.93. The molecule has 1 aromatic carbocycles. The lowest BCUT2D eigenvalue weighted by Crippen LogP contribution is -2.41. The molecule has 1 amide bonds. The predicted molar refractivity (Wildman–Crippen MR) is 79.1 cm³/mol. The Bertz CT molecular complexity index is 598. The molecule has 0 aliphatic carbocycles. The fraction of sp³-hybridized carbons (Fsp3) is 0.286. The van der Waals surface area contributed by atoms with Crippen LogP contribution in [0.5, 0.6) is 0 Å². The minimum Gasteiger partial charge on any atom is -0.451 e. The molecule has 5 heteroatoms. The first-order valence-electron chi connectivity index (χ1n) is 5.97. The molecule has 3 N–H and O–H groups in total. The van der Waals surface area contributed by atoms with Gasteiger partial charge in [0.25, 0.3) is 5.91 Å². The minimum absolute atomic E-state index is 0.263. The maximum absolute atomic E-state index is 12.0. The summed E-state index contributed by atoms with van der Waals surface area (Å²) in [5.41, 5.74) is 5.89. The van der Waals surface area contributed by atoms with Gasteiger partial charge in [-0.25, -0.2) is 0 Å². The molecule has 0 aliphatic rings. The smallest absolute Gasteiger partial charge is 0.287 e. The van der Waals surface area contributed by atoms with Crippen molar-refractivity contribution in [2.75, 3.05) is 6.54 Å². The van der Waals surface area contributed by atoms with Crippen LogP contribution in [0.25, 0.3) is 11.0 Å². The Labute approximate surface area is 117 Å². The molecule has 1 heterocycles. The second-order valence-electron chi connectivity index (χ2n) is 5.08. The summed E-state index contributed by atoms with van der Waals surface area (Å²) in [5, 5.41) is 3.69. The van der Waals surface area contributed by atoms with E-state index in [2.05, 4.69) is 5.32 Å². The molecule has 19 heavy (non-hydrogen) atoms. The number of benzene rings is 1. The summed E-state index contributed by atoms with van der Waals surface area (Å²) in [6.07, 6.45) is 0. The zero-order valence-corrected chi connectivity index (χ0v) is 11.7. The second-order valence-corrected chi connectivity index (χ2v) is 5.52. The Kier molecular flexibility index (Phi) is 3.57. The number of nitrogens with two attached hydrogens (primary N) is 1. The van der Waals surface area contributed by atoms with E-state index in [0.29, 0.717) is 22.9 Å². The molecule has 0 atom stereocenters. The van der Waals surface area contributed by atoms with Gasteiger partial charge in [-0.05, 0) is 12.1 Å². The van der Waals surface area contributed by atoms with Crippen LogP contribution in [-0.4, -0.2) is 17.4 Å². The topological polar surface area (TPSA) is 68.3 Å². The number of thiocarbonyl (C=S) groups is 1. The molecule has 4 nitrogen and oxygen atoms in total. The molecule has 0 spiro atoms. The van der Waals surface area contributed by atoms with Crippen molar-refractivity contribution in [2.45, 2.75) is 13.8 Å². The molecular weight excluding hydrogens is 260 g/mol. The van der Waals surface area contributed by atoms with Crippen molar-refractivity contribution < 1.29 is 9.21 Å². The Morgan fingerprint density at radius 1 is 1.42 bits per heavy atom. The summed E-state index contributed by atoms with van der Waals surface area (Å²) in [4.78, 5) is 12.4. The van der Waals surface area contributed by atoms with E-state index in [1.165, 1.54) is 0 Å². The molecule has 0 saturated heterocycles. The van der Waals surface area contributed by atoms with E-state index in [1.54, 1.807) is 6.07 Å². The zero-order valence-electron chi connectivity index (χ0n) is 10.9. The number of furan rings is 1. The third-order valence-corrected chi connectivity index (χ3v) is 3.56. The van der Waals surface area contributed by atoms with Crippen LogP contribution < -0.4 is 11.1 Å². The maximum atomic E-state index is 12.0. The highest BCUT2D eigenvalue weighted by Crippen LogP contribution is 2.19. The standard InChI is InChI=1S/C14H16N2O2S/c1-14(2,13(15)19)8-16-12(17)11-7-9-5-3-4-6-10(9)18-11/h3-7H,8H2,1-2H3,(H2,15,19)(H,16,17). The molecule has 0 radical (unpaired) electrons.